The van der Waals surface area contributed by atoms with Crippen LogP contribution in [0.3, 0.4) is 0 Å². The molecule has 1 amide bonds. The fourth-order valence-corrected chi connectivity index (χ4v) is 3.79. The number of carbonyl (C=O) groups excluding carboxylic acids is 1. The van der Waals surface area contributed by atoms with Crippen molar-refractivity contribution in [3.8, 4) is 11.6 Å². The van der Waals surface area contributed by atoms with E-state index in [0.29, 0.717) is 27.2 Å². The highest BCUT2D eigenvalue weighted by Crippen LogP contribution is 2.28. The third kappa shape index (κ3) is 3.65. The monoisotopic (exact) mass is 398 g/mol. The molecule has 3 aromatic heterocycles. The van der Waals surface area contributed by atoms with Gasteiger partial charge in [0.2, 0.25) is 5.88 Å². The number of hydrogen-bond acceptors (Lipinski definition) is 5. The molecule has 0 aliphatic carbocycles. The Balaban J connectivity index is 1.46. The maximum absolute atomic E-state index is 12.5. The number of pyridine rings is 1. The molecule has 0 spiro atoms. The summed E-state index contributed by atoms with van der Waals surface area (Å²) in [6.45, 7) is 1.93. The van der Waals surface area contributed by atoms with Crippen LogP contribution in [0.25, 0.3) is 10.2 Å². The molecule has 0 atom stereocenters. The molecule has 0 saturated heterocycles. The minimum atomic E-state index is -0.177. The number of rotatable bonds is 4. The van der Waals surface area contributed by atoms with E-state index in [1.165, 1.54) is 11.3 Å². The minimum Gasteiger partial charge on any atom is -0.439 e. The zero-order chi connectivity index (χ0) is 19.0. The molecular formula is C19H15ClN4O2S. The quantitative estimate of drug-likeness (QED) is 0.523. The van der Waals surface area contributed by atoms with Crippen LogP contribution < -0.4 is 10.1 Å². The number of halogens is 1. The van der Waals surface area contributed by atoms with Crippen molar-refractivity contribution in [3.05, 3.63) is 64.3 Å². The Bertz CT molecular complexity index is 1080. The number of aromatic nitrogens is 3. The van der Waals surface area contributed by atoms with Crippen LogP contribution in [-0.4, -0.2) is 20.7 Å². The number of hydrogen-bond donors (Lipinski definition) is 1. The van der Waals surface area contributed by atoms with Gasteiger partial charge in [-0.25, -0.2) is 4.98 Å². The molecule has 0 aliphatic heterocycles. The lowest BCUT2D eigenvalue weighted by molar-refractivity contribution is 0.103. The zero-order valence-corrected chi connectivity index (χ0v) is 16.1. The molecule has 0 saturated carbocycles. The molecule has 4 rings (SSSR count). The van der Waals surface area contributed by atoms with E-state index >= 15 is 0 Å². The number of amides is 1. The number of nitrogens with one attached hydrogen (secondary N) is 1. The summed E-state index contributed by atoms with van der Waals surface area (Å²) in [7, 11) is 1.87. The Morgan fingerprint density at radius 2 is 2.00 bits per heavy atom. The summed E-state index contributed by atoms with van der Waals surface area (Å²) >= 11 is 7.27. The lowest BCUT2D eigenvalue weighted by Gasteiger charge is -2.06. The van der Waals surface area contributed by atoms with Crippen LogP contribution in [0.5, 0.6) is 11.6 Å². The average molecular weight is 399 g/mol. The highest BCUT2D eigenvalue weighted by Gasteiger charge is 2.15. The molecule has 6 nitrogen and oxygen atoms in total. The van der Waals surface area contributed by atoms with E-state index < -0.39 is 0 Å². The van der Waals surface area contributed by atoms with Gasteiger partial charge in [0.15, 0.2) is 0 Å². The Morgan fingerprint density at radius 1 is 1.22 bits per heavy atom. The van der Waals surface area contributed by atoms with Gasteiger partial charge in [-0.15, -0.1) is 11.3 Å². The van der Waals surface area contributed by atoms with E-state index in [4.69, 9.17) is 16.3 Å². The van der Waals surface area contributed by atoms with Crippen LogP contribution in [-0.2, 0) is 7.05 Å². The van der Waals surface area contributed by atoms with E-state index in [1.807, 2.05) is 20.0 Å². The van der Waals surface area contributed by atoms with Crippen LogP contribution in [0.1, 0.15) is 15.4 Å². The molecule has 0 aliphatic rings. The molecule has 1 aromatic carbocycles. The largest absolute Gasteiger partial charge is 0.439 e. The van der Waals surface area contributed by atoms with Gasteiger partial charge in [0.1, 0.15) is 10.6 Å². The first-order valence-electron chi connectivity index (χ1n) is 8.13. The van der Waals surface area contributed by atoms with Gasteiger partial charge in [-0.3, -0.25) is 9.48 Å². The number of nitrogens with zero attached hydrogens (tertiary/aromatic N) is 3. The van der Waals surface area contributed by atoms with Crippen molar-refractivity contribution in [2.75, 3.05) is 5.32 Å². The maximum Gasteiger partial charge on any atom is 0.265 e. The lowest BCUT2D eigenvalue weighted by Crippen LogP contribution is -2.10. The maximum atomic E-state index is 12.5. The SMILES string of the molecule is Cc1nn(C)c2sc(C(=O)Nc3ccc(Oc4ccc(Cl)cc4)nc3)cc12. The highest BCUT2D eigenvalue weighted by atomic mass is 35.5. The number of anilines is 1. The van der Waals surface area contributed by atoms with E-state index in [9.17, 15) is 4.79 Å². The Kier molecular flexibility index (Phi) is 4.55. The third-order valence-electron chi connectivity index (χ3n) is 3.95. The molecule has 3 heterocycles. The summed E-state index contributed by atoms with van der Waals surface area (Å²) in [5, 5.41) is 8.84. The molecule has 0 fully saturated rings. The van der Waals surface area contributed by atoms with Gasteiger partial charge in [-0.1, -0.05) is 11.6 Å². The number of aryl methyl sites for hydroxylation is 2. The number of carbonyl (C=O) groups is 1. The lowest BCUT2D eigenvalue weighted by atomic mass is 10.3. The second-order valence-corrected chi connectivity index (χ2v) is 7.40. The first-order valence-corrected chi connectivity index (χ1v) is 9.33. The van der Waals surface area contributed by atoms with Gasteiger partial charge in [0.05, 0.1) is 22.5 Å². The Morgan fingerprint density at radius 3 is 2.67 bits per heavy atom. The number of fused-ring (bicyclic) bond motifs is 1. The van der Waals surface area contributed by atoms with E-state index in [0.717, 1.165) is 15.9 Å². The van der Waals surface area contributed by atoms with Gasteiger partial charge < -0.3 is 10.1 Å². The number of benzene rings is 1. The predicted octanol–water partition coefficient (Wildman–Crippen LogP) is 5.04. The Hall–Kier alpha value is -2.90. The van der Waals surface area contributed by atoms with E-state index in [-0.39, 0.29) is 5.91 Å². The fourth-order valence-electron chi connectivity index (χ4n) is 2.65. The molecule has 4 aromatic rings. The first kappa shape index (κ1) is 17.5. The minimum absolute atomic E-state index is 0.177. The van der Waals surface area contributed by atoms with Crippen LogP contribution in [0.2, 0.25) is 5.02 Å². The van der Waals surface area contributed by atoms with Gasteiger partial charge in [0.25, 0.3) is 5.91 Å². The van der Waals surface area contributed by atoms with Gasteiger partial charge in [0, 0.05) is 23.5 Å². The van der Waals surface area contributed by atoms with Gasteiger partial charge in [-0.2, -0.15) is 5.10 Å². The highest BCUT2D eigenvalue weighted by molar-refractivity contribution is 7.20. The van der Waals surface area contributed by atoms with Crippen LogP contribution >= 0.6 is 22.9 Å². The summed E-state index contributed by atoms with van der Waals surface area (Å²) in [4.78, 5) is 18.3. The van der Waals surface area contributed by atoms with E-state index in [1.54, 1.807) is 47.3 Å². The van der Waals surface area contributed by atoms with Crippen LogP contribution in [0.15, 0.2) is 48.7 Å². The predicted molar refractivity (Wildman–Crippen MR) is 107 cm³/mol. The molecule has 0 unspecified atom stereocenters. The third-order valence-corrected chi connectivity index (χ3v) is 5.40. The smallest absolute Gasteiger partial charge is 0.265 e. The van der Waals surface area contributed by atoms with Crippen LogP contribution in [0.4, 0.5) is 5.69 Å². The molecule has 27 heavy (non-hydrogen) atoms. The topological polar surface area (TPSA) is 69.0 Å². The zero-order valence-electron chi connectivity index (χ0n) is 14.6. The van der Waals surface area contributed by atoms with Crippen molar-refractivity contribution in [3.63, 3.8) is 0 Å². The summed E-state index contributed by atoms with van der Waals surface area (Å²) in [5.41, 5.74) is 1.50. The van der Waals surface area contributed by atoms with Crippen molar-refractivity contribution in [2.45, 2.75) is 6.92 Å². The van der Waals surface area contributed by atoms with E-state index in [2.05, 4.69) is 15.4 Å². The van der Waals surface area contributed by atoms with Crippen LogP contribution in [0, 0.1) is 6.92 Å². The molecule has 8 heteroatoms. The van der Waals surface area contributed by atoms with Crippen molar-refractivity contribution in [2.24, 2.45) is 7.05 Å². The fraction of sp³-hybridized carbons (Fsp3) is 0.105. The van der Waals surface area contributed by atoms with Crippen molar-refractivity contribution in [1.82, 2.24) is 14.8 Å². The molecule has 1 N–H and O–H groups in total. The molecule has 0 bridgehead atoms. The van der Waals surface area contributed by atoms with Gasteiger partial charge in [-0.05, 0) is 43.3 Å². The first-order chi connectivity index (χ1) is 13.0. The molecule has 136 valence electrons. The second kappa shape index (κ2) is 7.02. The summed E-state index contributed by atoms with van der Waals surface area (Å²) in [5.74, 6) is 0.889. The summed E-state index contributed by atoms with van der Waals surface area (Å²) in [6.07, 6.45) is 1.56. The van der Waals surface area contributed by atoms with Crippen molar-refractivity contribution < 1.29 is 9.53 Å². The van der Waals surface area contributed by atoms with Crippen molar-refractivity contribution in [1.29, 1.82) is 0 Å². The second-order valence-electron chi connectivity index (χ2n) is 5.93. The number of ether oxygens (including phenoxy) is 1. The summed E-state index contributed by atoms with van der Waals surface area (Å²) < 4.78 is 7.43. The summed E-state index contributed by atoms with van der Waals surface area (Å²) in [6, 6.07) is 12.3. The van der Waals surface area contributed by atoms with Crippen molar-refractivity contribution >= 4 is 44.7 Å². The molecular weight excluding hydrogens is 384 g/mol. The standard InChI is InChI=1S/C19H15ClN4O2S/c1-11-15-9-16(27-19(15)24(2)23-11)18(25)22-13-5-8-17(21-10-13)26-14-6-3-12(20)4-7-14/h3-10H,1-2H3,(H,22,25). The molecule has 0 radical (unpaired) electrons. The Labute approximate surface area is 164 Å². The van der Waals surface area contributed by atoms with Gasteiger partial charge >= 0.3 is 0 Å². The normalized spacial score (nSPS) is 10.9. The number of thiophene rings is 1. The average Bonchev–Trinajstić information content (AvgIpc) is 3.21.